The number of aryl methyl sites for hydroxylation is 2. The molecule has 1 atom stereocenters. The minimum atomic E-state index is -0.398. The van der Waals surface area contributed by atoms with Gasteiger partial charge < -0.3 is 14.6 Å². The predicted octanol–water partition coefficient (Wildman–Crippen LogP) is 4.10. The molecule has 3 aromatic carbocycles. The highest BCUT2D eigenvalue weighted by Gasteiger charge is 2.33. The molecule has 0 spiro atoms. The maximum Gasteiger partial charge on any atom is 0.253 e. The zero-order valence-electron chi connectivity index (χ0n) is 23.0. The third kappa shape index (κ3) is 5.08. The van der Waals surface area contributed by atoms with Gasteiger partial charge in [-0.25, -0.2) is 4.68 Å². The molecule has 1 saturated heterocycles. The summed E-state index contributed by atoms with van der Waals surface area (Å²) < 4.78 is 7.15. The first-order valence-electron chi connectivity index (χ1n) is 13.6. The van der Waals surface area contributed by atoms with Gasteiger partial charge in [0.05, 0.1) is 19.2 Å². The van der Waals surface area contributed by atoms with E-state index in [1.807, 2.05) is 48.0 Å². The summed E-state index contributed by atoms with van der Waals surface area (Å²) in [6, 6.07) is 24.1. The number of tetrazole rings is 1. The fourth-order valence-electron chi connectivity index (χ4n) is 5.71. The van der Waals surface area contributed by atoms with Gasteiger partial charge in [0.1, 0.15) is 11.8 Å². The minimum absolute atomic E-state index is 0.115. The van der Waals surface area contributed by atoms with Crippen molar-refractivity contribution in [2.75, 3.05) is 38.2 Å². The number of piperazine rings is 1. The van der Waals surface area contributed by atoms with E-state index in [9.17, 15) is 4.79 Å². The van der Waals surface area contributed by atoms with Crippen molar-refractivity contribution < 1.29 is 4.74 Å². The van der Waals surface area contributed by atoms with Gasteiger partial charge in [-0.05, 0) is 77.2 Å². The first kappa shape index (κ1) is 25.8. The van der Waals surface area contributed by atoms with Gasteiger partial charge in [-0.15, -0.1) is 5.10 Å². The number of methoxy groups -OCH3 is 1. The summed E-state index contributed by atoms with van der Waals surface area (Å²) >= 11 is 0. The van der Waals surface area contributed by atoms with Gasteiger partial charge in [0.25, 0.3) is 5.56 Å². The Hall–Kier alpha value is -4.50. The molecule has 1 N–H and O–H groups in total. The number of nitrogens with zero attached hydrogens (tertiary/aromatic N) is 6. The zero-order chi connectivity index (χ0) is 27.6. The van der Waals surface area contributed by atoms with E-state index in [1.54, 1.807) is 7.11 Å². The minimum Gasteiger partial charge on any atom is -0.497 e. The fraction of sp³-hybridized carbons (Fsp3) is 0.290. The molecule has 1 unspecified atom stereocenters. The van der Waals surface area contributed by atoms with Gasteiger partial charge >= 0.3 is 0 Å². The number of aromatic amines is 1. The largest absolute Gasteiger partial charge is 0.497 e. The monoisotopic (exact) mass is 535 g/mol. The van der Waals surface area contributed by atoms with Crippen LogP contribution in [0.5, 0.6) is 5.75 Å². The van der Waals surface area contributed by atoms with Gasteiger partial charge in [-0.1, -0.05) is 42.0 Å². The Morgan fingerprint density at radius 2 is 1.70 bits per heavy atom. The summed E-state index contributed by atoms with van der Waals surface area (Å²) in [6.07, 6.45) is 0. The summed E-state index contributed by atoms with van der Waals surface area (Å²) in [5.41, 5.74) is 5.86. The topological polar surface area (TPSA) is 92.2 Å². The predicted molar refractivity (Wildman–Crippen MR) is 156 cm³/mol. The van der Waals surface area contributed by atoms with E-state index in [0.717, 1.165) is 65.2 Å². The number of benzene rings is 3. The highest BCUT2D eigenvalue weighted by atomic mass is 16.5. The number of fused-ring (bicyclic) bond motifs is 1. The number of anilines is 1. The van der Waals surface area contributed by atoms with Crippen molar-refractivity contribution in [3.05, 3.63) is 111 Å². The third-order valence-electron chi connectivity index (χ3n) is 7.71. The lowest BCUT2D eigenvalue weighted by Crippen LogP contribution is -2.49. The van der Waals surface area contributed by atoms with Crippen molar-refractivity contribution in [2.24, 2.45) is 0 Å². The molecule has 1 aliphatic rings. The second-order valence-electron chi connectivity index (χ2n) is 10.4. The summed E-state index contributed by atoms with van der Waals surface area (Å²) in [6.45, 7) is 7.75. The van der Waals surface area contributed by atoms with E-state index in [0.29, 0.717) is 17.9 Å². The third-order valence-corrected chi connectivity index (χ3v) is 7.71. The Labute approximate surface area is 233 Å². The molecule has 2 aromatic heterocycles. The van der Waals surface area contributed by atoms with Crippen LogP contribution in [-0.2, 0) is 6.54 Å². The van der Waals surface area contributed by atoms with Crippen molar-refractivity contribution in [1.29, 1.82) is 0 Å². The first-order valence-corrected chi connectivity index (χ1v) is 13.6. The standard InChI is InChI=1S/C31H33N7O2/c1-21-17-22(2)28-24(18-21)19-27(31(39)32-28)29(30-33-34-35-38(30)20-23-7-5-4-6-8-23)37-15-13-36(14-16-37)25-9-11-26(40-3)12-10-25/h4-12,17-19,29H,13-16,20H2,1-3H3,(H,32,39). The summed E-state index contributed by atoms with van der Waals surface area (Å²) in [4.78, 5) is 21.5. The van der Waals surface area contributed by atoms with Crippen LogP contribution in [-0.4, -0.2) is 63.4 Å². The van der Waals surface area contributed by atoms with Crippen LogP contribution < -0.4 is 15.2 Å². The average Bonchev–Trinajstić information content (AvgIpc) is 3.42. The number of hydrogen-bond acceptors (Lipinski definition) is 7. The van der Waals surface area contributed by atoms with Gasteiger partial charge in [0.15, 0.2) is 5.82 Å². The molecule has 9 nitrogen and oxygen atoms in total. The molecule has 40 heavy (non-hydrogen) atoms. The first-order chi connectivity index (χ1) is 19.5. The van der Waals surface area contributed by atoms with E-state index >= 15 is 0 Å². The van der Waals surface area contributed by atoms with E-state index in [2.05, 4.69) is 73.6 Å². The molecule has 9 heteroatoms. The number of nitrogens with one attached hydrogen (secondary N) is 1. The van der Waals surface area contributed by atoms with E-state index in [4.69, 9.17) is 4.74 Å². The van der Waals surface area contributed by atoms with Gasteiger partial charge in [0, 0.05) is 37.4 Å². The van der Waals surface area contributed by atoms with Crippen LogP contribution in [0.3, 0.4) is 0 Å². The lowest BCUT2D eigenvalue weighted by atomic mass is 10.00. The van der Waals surface area contributed by atoms with Crippen LogP contribution in [0, 0.1) is 13.8 Å². The zero-order valence-corrected chi connectivity index (χ0v) is 23.0. The number of aromatic nitrogens is 5. The van der Waals surface area contributed by atoms with Crippen molar-refractivity contribution in [2.45, 2.75) is 26.4 Å². The van der Waals surface area contributed by atoms with E-state index < -0.39 is 6.04 Å². The molecule has 5 aromatic rings. The fourth-order valence-corrected chi connectivity index (χ4v) is 5.71. The molecule has 0 radical (unpaired) electrons. The maximum atomic E-state index is 13.7. The van der Waals surface area contributed by atoms with E-state index in [-0.39, 0.29) is 5.56 Å². The van der Waals surface area contributed by atoms with Crippen LogP contribution in [0.15, 0.2) is 77.6 Å². The molecule has 0 aliphatic carbocycles. The Morgan fingerprint density at radius 1 is 0.950 bits per heavy atom. The normalized spacial score (nSPS) is 14.9. The summed E-state index contributed by atoms with van der Waals surface area (Å²) in [5, 5.41) is 13.9. The van der Waals surface area contributed by atoms with Crippen molar-refractivity contribution in [3.63, 3.8) is 0 Å². The molecule has 204 valence electrons. The van der Waals surface area contributed by atoms with Crippen molar-refractivity contribution in [3.8, 4) is 5.75 Å². The molecule has 0 saturated carbocycles. The smallest absolute Gasteiger partial charge is 0.253 e. The second-order valence-corrected chi connectivity index (χ2v) is 10.4. The molecule has 0 amide bonds. The number of ether oxygens (including phenoxy) is 1. The van der Waals surface area contributed by atoms with Gasteiger partial charge in [-0.3, -0.25) is 9.69 Å². The number of H-pyrrole nitrogens is 1. The molecular weight excluding hydrogens is 502 g/mol. The van der Waals surface area contributed by atoms with Crippen molar-refractivity contribution >= 4 is 16.6 Å². The van der Waals surface area contributed by atoms with Crippen LogP contribution in [0.25, 0.3) is 10.9 Å². The molecule has 1 fully saturated rings. The quantitative estimate of drug-likeness (QED) is 0.336. The second kappa shape index (κ2) is 10.9. The van der Waals surface area contributed by atoms with E-state index in [1.165, 1.54) is 0 Å². The Kier molecular flexibility index (Phi) is 7.04. The van der Waals surface area contributed by atoms with Crippen LogP contribution in [0.2, 0.25) is 0 Å². The molecule has 0 bridgehead atoms. The highest BCUT2D eigenvalue weighted by molar-refractivity contribution is 5.83. The lowest BCUT2D eigenvalue weighted by molar-refractivity contribution is 0.200. The van der Waals surface area contributed by atoms with Crippen LogP contribution in [0.1, 0.15) is 34.1 Å². The SMILES string of the molecule is COc1ccc(N2CCN(C(c3cc4cc(C)cc(C)c4[nH]c3=O)c3nnnn3Cc3ccccc3)CC2)cc1. The van der Waals surface area contributed by atoms with Crippen LogP contribution in [0.4, 0.5) is 5.69 Å². The summed E-state index contributed by atoms with van der Waals surface area (Å²) in [7, 11) is 1.68. The van der Waals surface area contributed by atoms with Crippen molar-refractivity contribution in [1.82, 2.24) is 30.1 Å². The number of pyridine rings is 1. The van der Waals surface area contributed by atoms with Gasteiger partial charge in [-0.2, -0.15) is 0 Å². The highest BCUT2D eigenvalue weighted by Crippen LogP contribution is 2.30. The maximum absolute atomic E-state index is 13.7. The number of rotatable bonds is 7. The summed E-state index contributed by atoms with van der Waals surface area (Å²) in [5.74, 6) is 1.50. The van der Waals surface area contributed by atoms with Crippen LogP contribution >= 0.6 is 0 Å². The molecule has 6 rings (SSSR count). The lowest BCUT2D eigenvalue weighted by Gasteiger charge is -2.39. The molecule has 1 aliphatic heterocycles. The van der Waals surface area contributed by atoms with Gasteiger partial charge in [0.2, 0.25) is 0 Å². The Balaban J connectivity index is 1.38. The number of hydrogen-bond donors (Lipinski definition) is 1. The average molecular weight is 536 g/mol. The molecular formula is C31H33N7O2. The Bertz CT molecular complexity index is 1670. The Morgan fingerprint density at radius 3 is 2.42 bits per heavy atom. The molecule has 3 heterocycles.